The van der Waals surface area contributed by atoms with Crippen LogP contribution in [0.1, 0.15) is 35.4 Å². The molecule has 1 saturated heterocycles. The number of aromatic nitrogens is 2. The average Bonchev–Trinajstić information content (AvgIpc) is 2.64. The Bertz CT molecular complexity index is 908. The molecule has 0 aliphatic carbocycles. The van der Waals surface area contributed by atoms with E-state index in [1.165, 1.54) is 0 Å². The number of hydrogen-bond donors (Lipinski definition) is 1. The minimum atomic E-state index is -0.733. The summed E-state index contributed by atoms with van der Waals surface area (Å²) in [7, 11) is 0. The van der Waals surface area contributed by atoms with Crippen molar-refractivity contribution in [1.29, 1.82) is 0 Å². The second kappa shape index (κ2) is 7.77. The summed E-state index contributed by atoms with van der Waals surface area (Å²) in [6.45, 7) is 3.93. The minimum Gasteiger partial charge on any atom is -0.386 e. The number of aryl methyl sites for hydroxylation is 1. The smallest absolute Gasteiger partial charge is 0.102 e. The number of pyridine rings is 2. The van der Waals surface area contributed by atoms with Crippen LogP contribution in [-0.2, 0) is 0 Å². The van der Waals surface area contributed by atoms with E-state index in [1.807, 2.05) is 55.5 Å². The molecular weight excluding hydrogens is 358 g/mol. The molecule has 2 aromatic heterocycles. The first-order valence-corrected chi connectivity index (χ1v) is 9.57. The third-order valence-corrected chi connectivity index (χ3v) is 5.27. The number of rotatable bonds is 5. The lowest BCUT2D eigenvalue weighted by Gasteiger charge is -2.40. The van der Waals surface area contributed by atoms with Crippen molar-refractivity contribution in [3.8, 4) is 11.3 Å². The fraction of sp³-hybridized carbons (Fsp3) is 0.273. The van der Waals surface area contributed by atoms with E-state index in [9.17, 15) is 5.11 Å². The van der Waals surface area contributed by atoms with Gasteiger partial charge < -0.3 is 5.11 Å². The number of nitrogens with zero attached hydrogens (tertiary/aromatic N) is 3. The lowest BCUT2D eigenvalue weighted by Crippen LogP contribution is -2.43. The molecule has 0 radical (unpaired) electrons. The number of aliphatic hydroxyl groups excluding tert-OH is 1. The molecule has 1 fully saturated rings. The third kappa shape index (κ3) is 3.74. The van der Waals surface area contributed by atoms with Gasteiger partial charge in [0, 0.05) is 41.6 Å². The Labute approximate surface area is 164 Å². The molecule has 3 heterocycles. The summed E-state index contributed by atoms with van der Waals surface area (Å²) >= 11 is 6.26. The van der Waals surface area contributed by atoms with Gasteiger partial charge in [-0.25, -0.2) is 0 Å². The quantitative estimate of drug-likeness (QED) is 0.704. The van der Waals surface area contributed by atoms with Gasteiger partial charge in [-0.05, 0) is 55.3 Å². The number of aliphatic hydroxyl groups is 1. The molecule has 2 atom stereocenters. The second-order valence-electron chi connectivity index (χ2n) is 6.99. The first-order valence-electron chi connectivity index (χ1n) is 9.19. The maximum atomic E-state index is 11.4. The minimum absolute atomic E-state index is 0.191. The molecule has 0 saturated carbocycles. The van der Waals surface area contributed by atoms with Gasteiger partial charge in [0.1, 0.15) is 6.10 Å². The highest BCUT2D eigenvalue weighted by molar-refractivity contribution is 6.30. The number of likely N-dealkylation sites (tertiary alicyclic amines) is 1. The maximum absolute atomic E-state index is 11.4. The molecule has 5 heteroatoms. The van der Waals surface area contributed by atoms with Crippen molar-refractivity contribution in [3.63, 3.8) is 0 Å². The lowest BCUT2D eigenvalue weighted by atomic mass is 9.92. The first-order chi connectivity index (χ1) is 13.1. The van der Waals surface area contributed by atoms with Gasteiger partial charge in [-0.15, -0.1) is 0 Å². The Morgan fingerprint density at radius 2 is 1.85 bits per heavy atom. The van der Waals surface area contributed by atoms with Gasteiger partial charge in [-0.1, -0.05) is 23.7 Å². The van der Waals surface area contributed by atoms with Gasteiger partial charge in [0.15, 0.2) is 0 Å². The van der Waals surface area contributed by atoms with Gasteiger partial charge in [-0.3, -0.25) is 14.9 Å². The summed E-state index contributed by atoms with van der Waals surface area (Å²) < 4.78 is 0. The number of hydrogen-bond acceptors (Lipinski definition) is 4. The molecule has 0 spiro atoms. The highest BCUT2D eigenvalue weighted by Crippen LogP contribution is 2.39. The van der Waals surface area contributed by atoms with Crippen molar-refractivity contribution >= 4 is 11.6 Å². The van der Waals surface area contributed by atoms with Crippen LogP contribution in [0.4, 0.5) is 0 Å². The van der Waals surface area contributed by atoms with Crippen LogP contribution in [0.5, 0.6) is 0 Å². The third-order valence-electron chi connectivity index (χ3n) is 5.05. The fourth-order valence-corrected chi connectivity index (χ4v) is 3.95. The van der Waals surface area contributed by atoms with E-state index >= 15 is 0 Å². The normalized spacial score (nSPS) is 16.6. The molecule has 1 aliphatic heterocycles. The molecular formula is C22H22ClN3O. The highest BCUT2D eigenvalue weighted by atomic mass is 35.5. The lowest BCUT2D eigenvalue weighted by molar-refractivity contribution is 0.0109. The Morgan fingerprint density at radius 1 is 1.04 bits per heavy atom. The van der Waals surface area contributed by atoms with Gasteiger partial charge in [-0.2, -0.15) is 0 Å². The Kier molecular flexibility index (Phi) is 5.21. The molecule has 0 unspecified atom stereocenters. The monoisotopic (exact) mass is 379 g/mol. The second-order valence-corrected chi connectivity index (χ2v) is 7.43. The standard InChI is InChI=1S/C22H22ClN3O/c1-15-12-16(14-17(23)13-15)20-18(6-4-9-25-20)22(27)21(26-10-5-11-26)19-7-2-3-8-24-19/h2-4,6-9,12-14,21-22,27H,5,10-11H2,1H3/t21-,22+/m0/s1. The zero-order valence-corrected chi connectivity index (χ0v) is 16.0. The van der Waals surface area contributed by atoms with E-state index in [0.29, 0.717) is 5.02 Å². The summed E-state index contributed by atoms with van der Waals surface area (Å²) in [6, 6.07) is 15.3. The highest BCUT2D eigenvalue weighted by Gasteiger charge is 2.34. The van der Waals surface area contributed by atoms with Gasteiger partial charge in [0.2, 0.25) is 0 Å². The van der Waals surface area contributed by atoms with Crippen molar-refractivity contribution in [2.75, 3.05) is 13.1 Å². The first kappa shape index (κ1) is 18.1. The van der Waals surface area contributed by atoms with E-state index in [2.05, 4.69) is 14.9 Å². The molecule has 138 valence electrons. The molecule has 1 aliphatic rings. The molecule has 0 bridgehead atoms. The van der Waals surface area contributed by atoms with Crippen LogP contribution in [0.15, 0.2) is 60.9 Å². The average molecular weight is 380 g/mol. The summed E-state index contributed by atoms with van der Waals surface area (Å²) in [5.41, 5.74) is 4.41. The van der Waals surface area contributed by atoms with Crippen molar-refractivity contribution in [3.05, 3.63) is 82.8 Å². The maximum Gasteiger partial charge on any atom is 0.102 e. The molecule has 4 rings (SSSR count). The molecule has 1 aromatic carbocycles. The van der Waals surface area contributed by atoms with E-state index in [-0.39, 0.29) is 6.04 Å². The summed E-state index contributed by atoms with van der Waals surface area (Å²) in [5.74, 6) is 0. The van der Waals surface area contributed by atoms with Crippen LogP contribution in [0.25, 0.3) is 11.3 Å². The van der Waals surface area contributed by atoms with Crippen molar-refractivity contribution in [1.82, 2.24) is 14.9 Å². The summed E-state index contributed by atoms with van der Waals surface area (Å²) in [5, 5.41) is 12.1. The van der Waals surface area contributed by atoms with Crippen LogP contribution in [0.2, 0.25) is 5.02 Å². The van der Waals surface area contributed by atoms with Crippen molar-refractivity contribution < 1.29 is 5.11 Å². The Morgan fingerprint density at radius 3 is 2.52 bits per heavy atom. The van der Waals surface area contributed by atoms with E-state index in [0.717, 1.165) is 47.6 Å². The van der Waals surface area contributed by atoms with E-state index < -0.39 is 6.10 Å². The molecule has 0 amide bonds. The van der Waals surface area contributed by atoms with E-state index in [4.69, 9.17) is 11.6 Å². The predicted molar refractivity (Wildman–Crippen MR) is 108 cm³/mol. The molecule has 4 nitrogen and oxygen atoms in total. The summed E-state index contributed by atoms with van der Waals surface area (Å²) in [4.78, 5) is 11.4. The van der Waals surface area contributed by atoms with Crippen LogP contribution in [-0.4, -0.2) is 33.1 Å². The number of halogens is 1. The largest absolute Gasteiger partial charge is 0.386 e. The topological polar surface area (TPSA) is 49.3 Å². The van der Waals surface area contributed by atoms with Crippen LogP contribution in [0.3, 0.4) is 0 Å². The zero-order valence-electron chi connectivity index (χ0n) is 15.2. The molecule has 1 N–H and O–H groups in total. The SMILES string of the molecule is Cc1cc(Cl)cc(-c2ncccc2[C@@H](O)[C@H](c2ccccn2)N2CCC2)c1. The van der Waals surface area contributed by atoms with Crippen molar-refractivity contribution in [2.45, 2.75) is 25.5 Å². The van der Waals surface area contributed by atoms with Gasteiger partial charge in [0.25, 0.3) is 0 Å². The van der Waals surface area contributed by atoms with Crippen LogP contribution in [0, 0.1) is 6.92 Å². The van der Waals surface area contributed by atoms with Gasteiger partial charge in [0.05, 0.1) is 17.4 Å². The Balaban J connectivity index is 1.78. The zero-order chi connectivity index (χ0) is 18.8. The van der Waals surface area contributed by atoms with Crippen LogP contribution < -0.4 is 0 Å². The summed E-state index contributed by atoms with van der Waals surface area (Å²) in [6.07, 6.45) is 3.94. The van der Waals surface area contributed by atoms with Gasteiger partial charge >= 0.3 is 0 Å². The Hall–Kier alpha value is -2.27. The predicted octanol–water partition coefficient (Wildman–Crippen LogP) is 4.59. The molecule has 3 aromatic rings. The molecule has 27 heavy (non-hydrogen) atoms. The van der Waals surface area contributed by atoms with Crippen LogP contribution >= 0.6 is 11.6 Å². The fourth-order valence-electron chi connectivity index (χ4n) is 3.66. The number of benzene rings is 1. The van der Waals surface area contributed by atoms with E-state index in [1.54, 1.807) is 12.4 Å². The van der Waals surface area contributed by atoms with Crippen molar-refractivity contribution in [2.24, 2.45) is 0 Å².